The quantitative estimate of drug-likeness (QED) is 0.461. The fourth-order valence-corrected chi connectivity index (χ4v) is 3.05. The maximum Gasteiger partial charge on any atom is 0.193 e. The van der Waals surface area contributed by atoms with Gasteiger partial charge in [-0.25, -0.2) is 0 Å². The van der Waals surface area contributed by atoms with E-state index >= 15 is 0 Å². The van der Waals surface area contributed by atoms with Crippen LogP contribution in [-0.4, -0.2) is 31.0 Å². The van der Waals surface area contributed by atoms with Gasteiger partial charge in [0.25, 0.3) is 0 Å². The van der Waals surface area contributed by atoms with Crippen molar-refractivity contribution in [3.63, 3.8) is 0 Å². The zero-order valence-corrected chi connectivity index (χ0v) is 15.9. The number of nitriles is 1. The van der Waals surface area contributed by atoms with Crippen molar-refractivity contribution in [3.05, 3.63) is 35.4 Å². The topological polar surface area (TPSA) is 51.4 Å². The van der Waals surface area contributed by atoms with Crippen molar-refractivity contribution < 1.29 is 0 Å². The summed E-state index contributed by atoms with van der Waals surface area (Å²) in [6.07, 6.45) is 1.29. The Labute approximate surface area is 150 Å². The molecule has 2 unspecified atom stereocenters. The number of nitrogens with zero attached hydrogens (tertiary/aromatic N) is 3. The normalized spacial score (nSPS) is 21.7. The van der Waals surface area contributed by atoms with Crippen LogP contribution < -0.4 is 5.32 Å². The maximum absolute atomic E-state index is 8.81. The summed E-state index contributed by atoms with van der Waals surface area (Å²) in [6.45, 7) is 7.47. The lowest BCUT2D eigenvalue weighted by Gasteiger charge is -2.37. The molecule has 1 aromatic carbocycles. The van der Waals surface area contributed by atoms with Gasteiger partial charge in [0.2, 0.25) is 0 Å². The van der Waals surface area contributed by atoms with Gasteiger partial charge in [0.1, 0.15) is 0 Å². The molecule has 0 saturated carbocycles. The summed E-state index contributed by atoms with van der Waals surface area (Å²) in [6, 6.07) is 9.82. The molecule has 1 saturated heterocycles. The third-order valence-electron chi connectivity index (χ3n) is 3.91. The molecule has 2 rings (SSSR count). The number of hydrogen-bond donors (Lipinski definition) is 1. The first-order valence-corrected chi connectivity index (χ1v) is 7.57. The average Bonchev–Trinajstić information content (AvgIpc) is 2.47. The molecule has 1 aromatic rings. The summed E-state index contributed by atoms with van der Waals surface area (Å²) < 4.78 is 0. The number of hydrogen-bond acceptors (Lipinski definition) is 2. The first-order chi connectivity index (χ1) is 10.1. The maximum atomic E-state index is 8.81. The second-order valence-electron chi connectivity index (χ2n) is 6.06. The molecule has 4 nitrogen and oxygen atoms in total. The second-order valence-corrected chi connectivity index (χ2v) is 6.06. The molecular weight excluding hydrogens is 387 g/mol. The fraction of sp³-hybridized carbons (Fsp3) is 0.529. The molecular formula is C17H25IN4. The van der Waals surface area contributed by atoms with Gasteiger partial charge in [-0.3, -0.25) is 4.99 Å². The fourth-order valence-electron chi connectivity index (χ4n) is 3.05. The molecule has 1 N–H and O–H groups in total. The van der Waals surface area contributed by atoms with Crippen LogP contribution in [0, 0.1) is 23.2 Å². The highest BCUT2D eigenvalue weighted by atomic mass is 127. The Kier molecular flexibility index (Phi) is 7.66. The minimum absolute atomic E-state index is 0. The van der Waals surface area contributed by atoms with Crippen molar-refractivity contribution in [2.45, 2.75) is 26.8 Å². The number of aliphatic imine (C=N–C) groups is 1. The van der Waals surface area contributed by atoms with Gasteiger partial charge in [-0.1, -0.05) is 26.0 Å². The first-order valence-electron chi connectivity index (χ1n) is 7.57. The molecule has 1 fully saturated rings. The number of guanidine groups is 1. The van der Waals surface area contributed by atoms with E-state index in [2.05, 4.69) is 35.1 Å². The van der Waals surface area contributed by atoms with Crippen LogP contribution in [0.4, 0.5) is 0 Å². The van der Waals surface area contributed by atoms with Gasteiger partial charge in [-0.05, 0) is 36.0 Å². The van der Waals surface area contributed by atoms with Crippen LogP contribution in [0.1, 0.15) is 31.4 Å². The molecule has 22 heavy (non-hydrogen) atoms. The minimum Gasteiger partial charge on any atom is -0.352 e. The standard InChI is InChI=1S/C17H24N4.HI/c1-13-8-14(2)12-21(11-13)17(19-3)20-10-16-6-4-15(9-18)5-7-16;/h4-7,13-14H,8,10-12H2,1-3H3,(H,19,20);1H. The smallest absolute Gasteiger partial charge is 0.193 e. The molecule has 0 bridgehead atoms. The Morgan fingerprint density at radius 3 is 2.36 bits per heavy atom. The summed E-state index contributed by atoms with van der Waals surface area (Å²) in [5.74, 6) is 2.39. The van der Waals surface area contributed by atoms with Crippen molar-refractivity contribution in [1.29, 1.82) is 5.26 Å². The number of halogens is 1. The molecule has 5 heteroatoms. The molecule has 120 valence electrons. The average molecular weight is 412 g/mol. The van der Waals surface area contributed by atoms with Crippen molar-refractivity contribution in [3.8, 4) is 6.07 Å². The number of nitrogens with one attached hydrogen (secondary N) is 1. The predicted molar refractivity (Wildman–Crippen MR) is 101 cm³/mol. The van der Waals surface area contributed by atoms with E-state index in [1.54, 1.807) is 0 Å². The number of likely N-dealkylation sites (tertiary alicyclic amines) is 1. The van der Waals surface area contributed by atoms with Crippen LogP contribution in [0.5, 0.6) is 0 Å². The Hall–Kier alpha value is -1.29. The van der Waals surface area contributed by atoms with Crippen LogP contribution in [0.3, 0.4) is 0 Å². The van der Waals surface area contributed by atoms with E-state index in [1.807, 2.05) is 31.3 Å². The molecule has 1 aliphatic rings. The Balaban J connectivity index is 0.00000242. The third-order valence-corrected chi connectivity index (χ3v) is 3.91. The van der Waals surface area contributed by atoms with Gasteiger partial charge >= 0.3 is 0 Å². The third kappa shape index (κ3) is 5.16. The Morgan fingerprint density at radius 2 is 1.86 bits per heavy atom. The van der Waals surface area contributed by atoms with Gasteiger partial charge < -0.3 is 10.2 Å². The predicted octanol–water partition coefficient (Wildman–Crippen LogP) is 3.23. The van der Waals surface area contributed by atoms with E-state index in [9.17, 15) is 0 Å². The summed E-state index contributed by atoms with van der Waals surface area (Å²) in [4.78, 5) is 6.76. The zero-order valence-electron chi connectivity index (χ0n) is 13.5. The van der Waals surface area contributed by atoms with Crippen LogP contribution in [-0.2, 0) is 6.54 Å². The molecule has 1 aliphatic heterocycles. The van der Waals surface area contributed by atoms with E-state index in [-0.39, 0.29) is 24.0 Å². The van der Waals surface area contributed by atoms with Crippen molar-refractivity contribution in [2.24, 2.45) is 16.8 Å². The van der Waals surface area contributed by atoms with Gasteiger partial charge in [0.05, 0.1) is 11.6 Å². The highest BCUT2D eigenvalue weighted by molar-refractivity contribution is 14.0. The highest BCUT2D eigenvalue weighted by Gasteiger charge is 2.23. The van der Waals surface area contributed by atoms with Crippen LogP contribution >= 0.6 is 24.0 Å². The molecule has 0 radical (unpaired) electrons. The van der Waals surface area contributed by atoms with Crippen molar-refractivity contribution in [2.75, 3.05) is 20.1 Å². The number of piperidine rings is 1. The molecule has 0 aliphatic carbocycles. The SMILES string of the molecule is CN=C(NCc1ccc(C#N)cc1)N1CC(C)CC(C)C1.I. The first kappa shape index (κ1) is 18.8. The summed E-state index contributed by atoms with van der Waals surface area (Å²) in [7, 11) is 1.84. The lowest BCUT2D eigenvalue weighted by Crippen LogP contribution is -2.48. The van der Waals surface area contributed by atoms with Gasteiger partial charge in [-0.15, -0.1) is 24.0 Å². The van der Waals surface area contributed by atoms with Gasteiger partial charge in [0, 0.05) is 26.7 Å². The number of rotatable bonds is 2. The second kappa shape index (κ2) is 8.99. The molecule has 1 heterocycles. The highest BCUT2D eigenvalue weighted by Crippen LogP contribution is 2.20. The van der Waals surface area contributed by atoms with Gasteiger partial charge in [0.15, 0.2) is 5.96 Å². The van der Waals surface area contributed by atoms with E-state index < -0.39 is 0 Å². The van der Waals surface area contributed by atoms with E-state index in [0.29, 0.717) is 17.4 Å². The zero-order chi connectivity index (χ0) is 15.2. The van der Waals surface area contributed by atoms with Crippen molar-refractivity contribution >= 4 is 29.9 Å². The van der Waals surface area contributed by atoms with Crippen LogP contribution in [0.2, 0.25) is 0 Å². The Morgan fingerprint density at radius 1 is 1.27 bits per heavy atom. The molecule has 2 atom stereocenters. The van der Waals surface area contributed by atoms with E-state index in [0.717, 1.165) is 31.2 Å². The largest absolute Gasteiger partial charge is 0.352 e. The van der Waals surface area contributed by atoms with E-state index in [4.69, 9.17) is 5.26 Å². The summed E-state index contributed by atoms with van der Waals surface area (Å²) >= 11 is 0. The summed E-state index contributed by atoms with van der Waals surface area (Å²) in [5, 5.41) is 12.2. The van der Waals surface area contributed by atoms with E-state index in [1.165, 1.54) is 6.42 Å². The van der Waals surface area contributed by atoms with Crippen LogP contribution in [0.15, 0.2) is 29.3 Å². The minimum atomic E-state index is 0. The number of benzene rings is 1. The monoisotopic (exact) mass is 412 g/mol. The van der Waals surface area contributed by atoms with Crippen molar-refractivity contribution in [1.82, 2.24) is 10.2 Å². The van der Waals surface area contributed by atoms with Gasteiger partial charge in [-0.2, -0.15) is 5.26 Å². The Bertz CT molecular complexity index is 523. The lowest BCUT2D eigenvalue weighted by molar-refractivity contribution is 0.208. The molecule has 0 amide bonds. The summed E-state index contributed by atoms with van der Waals surface area (Å²) in [5.41, 5.74) is 1.86. The van der Waals surface area contributed by atoms with Crippen LogP contribution in [0.25, 0.3) is 0 Å². The molecule has 0 spiro atoms. The molecule has 0 aromatic heterocycles. The lowest BCUT2D eigenvalue weighted by atomic mass is 9.92.